The van der Waals surface area contributed by atoms with Crippen molar-refractivity contribution in [2.75, 3.05) is 0 Å². The first kappa shape index (κ1) is 14.8. The van der Waals surface area contributed by atoms with E-state index in [9.17, 15) is 5.11 Å². The van der Waals surface area contributed by atoms with Crippen molar-refractivity contribution in [3.8, 4) is 10.6 Å². The molecule has 6 nitrogen and oxygen atoms in total. The predicted molar refractivity (Wildman–Crippen MR) is 89.4 cm³/mol. The molecular weight excluding hydrogens is 324 g/mol. The van der Waals surface area contributed by atoms with E-state index in [0.29, 0.717) is 18.3 Å². The number of rotatable bonds is 5. The van der Waals surface area contributed by atoms with Crippen LogP contribution in [0, 0.1) is 0 Å². The van der Waals surface area contributed by atoms with Crippen molar-refractivity contribution in [1.29, 1.82) is 0 Å². The standard InChI is InChI=1S/C17H14N4O2S/c22-16(12-5-2-1-3-6-12)17-20-19-11-21(17)10-15-18-9-13(23-15)14-7-4-8-24-14/h1-9,11,16,22H,10H2/t16-/m1/s1. The number of aliphatic hydroxyl groups is 1. The molecule has 0 amide bonds. The van der Waals surface area contributed by atoms with Crippen LogP contribution in [0.3, 0.4) is 0 Å². The molecular formula is C17H14N4O2S. The van der Waals surface area contributed by atoms with Gasteiger partial charge in [-0.3, -0.25) is 0 Å². The summed E-state index contributed by atoms with van der Waals surface area (Å²) in [6.07, 6.45) is 2.43. The molecule has 0 radical (unpaired) electrons. The summed E-state index contributed by atoms with van der Waals surface area (Å²) >= 11 is 1.60. The van der Waals surface area contributed by atoms with Gasteiger partial charge in [0.1, 0.15) is 19.0 Å². The van der Waals surface area contributed by atoms with E-state index in [1.807, 2.05) is 47.8 Å². The quantitative estimate of drug-likeness (QED) is 0.605. The fourth-order valence-corrected chi connectivity index (χ4v) is 3.12. The lowest BCUT2D eigenvalue weighted by Gasteiger charge is -2.11. The molecule has 7 heteroatoms. The number of benzene rings is 1. The van der Waals surface area contributed by atoms with E-state index in [4.69, 9.17) is 4.42 Å². The molecule has 0 aliphatic rings. The number of oxazole rings is 1. The average Bonchev–Trinajstić information content (AvgIpc) is 3.37. The van der Waals surface area contributed by atoms with Crippen molar-refractivity contribution < 1.29 is 9.52 Å². The van der Waals surface area contributed by atoms with E-state index in [1.165, 1.54) is 0 Å². The molecule has 0 fully saturated rings. The highest BCUT2D eigenvalue weighted by Crippen LogP contribution is 2.26. The van der Waals surface area contributed by atoms with Crippen LogP contribution in [0.2, 0.25) is 0 Å². The third-order valence-corrected chi connectivity index (χ3v) is 4.51. The SMILES string of the molecule is O[C@H](c1ccccc1)c1nncn1Cc1ncc(-c2cccs2)o1. The van der Waals surface area contributed by atoms with Gasteiger partial charge in [-0.25, -0.2) is 4.98 Å². The first-order chi connectivity index (χ1) is 11.8. The van der Waals surface area contributed by atoms with Crippen molar-refractivity contribution >= 4 is 11.3 Å². The maximum Gasteiger partial charge on any atom is 0.215 e. The van der Waals surface area contributed by atoms with Gasteiger partial charge in [0.15, 0.2) is 11.6 Å². The minimum atomic E-state index is -0.847. The number of nitrogens with zero attached hydrogens (tertiary/aromatic N) is 4. The molecule has 0 saturated carbocycles. The summed E-state index contributed by atoms with van der Waals surface area (Å²) in [4.78, 5) is 5.33. The third kappa shape index (κ3) is 2.86. The number of aliphatic hydroxyl groups excluding tert-OH is 1. The van der Waals surface area contributed by atoms with Crippen molar-refractivity contribution in [2.24, 2.45) is 0 Å². The average molecular weight is 338 g/mol. The molecule has 24 heavy (non-hydrogen) atoms. The normalized spacial score (nSPS) is 12.4. The van der Waals surface area contributed by atoms with Gasteiger partial charge in [0.2, 0.25) is 5.89 Å². The third-order valence-electron chi connectivity index (χ3n) is 3.63. The number of hydrogen-bond donors (Lipinski definition) is 1. The van der Waals surface area contributed by atoms with Gasteiger partial charge in [-0.05, 0) is 17.0 Å². The number of thiophene rings is 1. The zero-order chi connectivity index (χ0) is 16.4. The molecule has 0 saturated heterocycles. The smallest absolute Gasteiger partial charge is 0.215 e. The Morgan fingerprint density at radius 2 is 2.04 bits per heavy atom. The summed E-state index contributed by atoms with van der Waals surface area (Å²) in [6.45, 7) is 0.359. The summed E-state index contributed by atoms with van der Waals surface area (Å²) < 4.78 is 7.52. The molecule has 4 aromatic rings. The predicted octanol–water partition coefficient (Wildman–Crippen LogP) is 3.12. The van der Waals surface area contributed by atoms with E-state index in [-0.39, 0.29) is 0 Å². The molecule has 0 aliphatic heterocycles. The van der Waals surface area contributed by atoms with Gasteiger partial charge in [-0.1, -0.05) is 36.4 Å². The molecule has 0 unspecified atom stereocenters. The summed E-state index contributed by atoms with van der Waals surface area (Å²) in [5, 5.41) is 20.5. The highest BCUT2D eigenvalue weighted by atomic mass is 32.1. The summed E-state index contributed by atoms with van der Waals surface area (Å²) in [6, 6.07) is 13.3. The van der Waals surface area contributed by atoms with Gasteiger partial charge >= 0.3 is 0 Å². The molecule has 1 atom stereocenters. The Labute approximate surface area is 142 Å². The largest absolute Gasteiger partial charge is 0.438 e. The van der Waals surface area contributed by atoms with Crippen molar-refractivity contribution in [1.82, 2.24) is 19.7 Å². The Morgan fingerprint density at radius 3 is 2.83 bits per heavy atom. The van der Waals surface area contributed by atoms with E-state index >= 15 is 0 Å². The van der Waals surface area contributed by atoms with Gasteiger partial charge < -0.3 is 14.1 Å². The minimum absolute atomic E-state index is 0.359. The lowest BCUT2D eigenvalue weighted by Crippen LogP contribution is -2.10. The van der Waals surface area contributed by atoms with Crippen LogP contribution in [-0.2, 0) is 6.54 Å². The van der Waals surface area contributed by atoms with Gasteiger partial charge in [0.25, 0.3) is 0 Å². The maximum absolute atomic E-state index is 10.5. The first-order valence-corrected chi connectivity index (χ1v) is 8.28. The Balaban J connectivity index is 1.57. The van der Waals surface area contributed by atoms with Gasteiger partial charge in [-0.2, -0.15) is 0 Å². The van der Waals surface area contributed by atoms with Crippen molar-refractivity contribution in [3.05, 3.63) is 77.6 Å². The van der Waals surface area contributed by atoms with E-state index in [0.717, 1.165) is 16.2 Å². The zero-order valence-corrected chi connectivity index (χ0v) is 13.4. The Bertz CT molecular complexity index is 915. The van der Waals surface area contributed by atoms with E-state index < -0.39 is 6.10 Å². The lowest BCUT2D eigenvalue weighted by molar-refractivity contribution is 0.204. The van der Waals surface area contributed by atoms with Gasteiger partial charge in [-0.15, -0.1) is 21.5 Å². The molecule has 1 aromatic carbocycles. The summed E-state index contributed by atoms with van der Waals surface area (Å²) in [5.74, 6) is 1.73. The van der Waals surface area contributed by atoms with Crippen LogP contribution in [0.15, 0.2) is 64.8 Å². The van der Waals surface area contributed by atoms with Crippen LogP contribution in [-0.4, -0.2) is 24.9 Å². The molecule has 0 bridgehead atoms. The van der Waals surface area contributed by atoms with Crippen LogP contribution < -0.4 is 0 Å². The van der Waals surface area contributed by atoms with Gasteiger partial charge in [0.05, 0.1) is 11.1 Å². The summed E-state index contributed by atoms with van der Waals surface area (Å²) in [5.41, 5.74) is 0.762. The van der Waals surface area contributed by atoms with Crippen LogP contribution in [0.25, 0.3) is 10.6 Å². The highest BCUT2D eigenvalue weighted by Gasteiger charge is 2.18. The van der Waals surface area contributed by atoms with Crippen LogP contribution >= 0.6 is 11.3 Å². The lowest BCUT2D eigenvalue weighted by atomic mass is 10.1. The molecule has 0 spiro atoms. The fraction of sp³-hybridized carbons (Fsp3) is 0.118. The molecule has 4 rings (SSSR count). The van der Waals surface area contributed by atoms with Crippen molar-refractivity contribution in [3.63, 3.8) is 0 Å². The molecule has 1 N–H and O–H groups in total. The summed E-state index contributed by atoms with van der Waals surface area (Å²) in [7, 11) is 0. The Morgan fingerprint density at radius 1 is 1.17 bits per heavy atom. The Kier molecular flexibility index (Phi) is 3.94. The second-order valence-electron chi connectivity index (χ2n) is 5.23. The maximum atomic E-state index is 10.5. The van der Waals surface area contributed by atoms with Crippen LogP contribution in [0.5, 0.6) is 0 Å². The second-order valence-corrected chi connectivity index (χ2v) is 6.17. The minimum Gasteiger partial charge on any atom is -0.438 e. The van der Waals surface area contributed by atoms with E-state index in [1.54, 1.807) is 28.4 Å². The molecule has 0 aliphatic carbocycles. The first-order valence-electron chi connectivity index (χ1n) is 7.40. The van der Waals surface area contributed by atoms with Crippen molar-refractivity contribution in [2.45, 2.75) is 12.6 Å². The number of aromatic nitrogens is 4. The van der Waals surface area contributed by atoms with E-state index in [2.05, 4.69) is 15.2 Å². The monoisotopic (exact) mass is 338 g/mol. The highest BCUT2D eigenvalue weighted by molar-refractivity contribution is 7.13. The van der Waals surface area contributed by atoms with Crippen LogP contribution in [0.4, 0.5) is 0 Å². The Hall–Kier alpha value is -2.77. The van der Waals surface area contributed by atoms with Gasteiger partial charge in [0, 0.05) is 0 Å². The number of hydrogen-bond acceptors (Lipinski definition) is 6. The molecule has 120 valence electrons. The fourth-order valence-electron chi connectivity index (χ4n) is 2.44. The second kappa shape index (κ2) is 6.38. The molecule has 3 aromatic heterocycles. The molecule has 3 heterocycles. The van der Waals surface area contributed by atoms with Crippen LogP contribution in [0.1, 0.15) is 23.4 Å². The zero-order valence-electron chi connectivity index (χ0n) is 12.6. The topological polar surface area (TPSA) is 77.0 Å².